The second-order valence-corrected chi connectivity index (χ2v) is 8.04. The normalized spacial score (nSPS) is 19.5. The van der Waals surface area contributed by atoms with Crippen LogP contribution in [0.15, 0.2) is 23.2 Å². The smallest absolute Gasteiger partial charge is 0.191 e. The summed E-state index contributed by atoms with van der Waals surface area (Å²) in [6.07, 6.45) is 8.99. The second kappa shape index (κ2) is 14.1. The number of aryl methyl sites for hydroxylation is 1. The minimum Gasteiger partial charge on any atom is -0.491 e. The number of aliphatic imine (C=N–C) groups is 1. The number of ether oxygens (including phenoxy) is 3. The van der Waals surface area contributed by atoms with E-state index in [1.165, 1.54) is 31.2 Å². The third kappa shape index (κ3) is 8.59. The fraction of sp³-hybridized carbons (Fsp3) is 0.696. The molecular formula is C23H38IN3O3. The lowest BCUT2D eigenvalue weighted by atomic mass is 10.1. The van der Waals surface area contributed by atoms with Crippen molar-refractivity contribution in [3.05, 3.63) is 29.3 Å². The first kappa shape index (κ1) is 25.2. The maximum atomic E-state index is 6.09. The number of guanidine groups is 1. The molecule has 2 N–H and O–H groups in total. The van der Waals surface area contributed by atoms with Crippen LogP contribution in [0, 0.1) is 6.92 Å². The van der Waals surface area contributed by atoms with Crippen molar-refractivity contribution in [3.8, 4) is 5.75 Å². The largest absolute Gasteiger partial charge is 0.491 e. The number of rotatable bonds is 10. The molecule has 1 saturated carbocycles. The second-order valence-electron chi connectivity index (χ2n) is 8.04. The maximum Gasteiger partial charge on any atom is 0.191 e. The van der Waals surface area contributed by atoms with Crippen LogP contribution in [0.25, 0.3) is 0 Å². The average molecular weight is 531 g/mol. The van der Waals surface area contributed by atoms with E-state index in [2.05, 4.69) is 40.7 Å². The van der Waals surface area contributed by atoms with E-state index in [1.54, 1.807) is 7.05 Å². The lowest BCUT2D eigenvalue weighted by Gasteiger charge is -2.17. The summed E-state index contributed by atoms with van der Waals surface area (Å²) in [4.78, 5) is 4.33. The number of halogens is 1. The highest BCUT2D eigenvalue weighted by molar-refractivity contribution is 14.0. The van der Waals surface area contributed by atoms with Gasteiger partial charge < -0.3 is 24.8 Å². The molecule has 0 bridgehead atoms. The van der Waals surface area contributed by atoms with E-state index < -0.39 is 0 Å². The van der Waals surface area contributed by atoms with Crippen LogP contribution in [0.5, 0.6) is 5.75 Å². The molecule has 1 aromatic carbocycles. The Morgan fingerprint density at radius 2 is 2.00 bits per heavy atom. The molecule has 6 nitrogen and oxygen atoms in total. The molecule has 1 aliphatic heterocycles. The minimum atomic E-state index is 0. The first-order valence-electron chi connectivity index (χ1n) is 11.1. The first-order chi connectivity index (χ1) is 14.2. The molecule has 3 rings (SSSR count). The quantitative estimate of drug-likeness (QED) is 0.205. The van der Waals surface area contributed by atoms with Gasteiger partial charge >= 0.3 is 0 Å². The van der Waals surface area contributed by atoms with Crippen LogP contribution in [0.1, 0.15) is 56.1 Å². The summed E-state index contributed by atoms with van der Waals surface area (Å²) in [6, 6.07) is 6.34. The third-order valence-corrected chi connectivity index (χ3v) is 5.61. The highest BCUT2D eigenvalue weighted by atomic mass is 127. The van der Waals surface area contributed by atoms with Crippen LogP contribution < -0.4 is 15.4 Å². The lowest BCUT2D eigenvalue weighted by molar-refractivity contribution is 0.0574. The van der Waals surface area contributed by atoms with Gasteiger partial charge in [0.2, 0.25) is 0 Å². The number of hydrogen-bond donors (Lipinski definition) is 2. The van der Waals surface area contributed by atoms with Crippen molar-refractivity contribution in [1.82, 2.24) is 10.6 Å². The zero-order chi connectivity index (χ0) is 20.3. The van der Waals surface area contributed by atoms with Gasteiger partial charge in [0.25, 0.3) is 0 Å². The predicted octanol–water partition coefficient (Wildman–Crippen LogP) is 4.19. The molecule has 1 aromatic rings. The Bertz CT molecular complexity index is 645. The molecule has 1 unspecified atom stereocenters. The molecule has 1 heterocycles. The average Bonchev–Trinajstić information content (AvgIpc) is 3.43. The van der Waals surface area contributed by atoms with E-state index in [9.17, 15) is 0 Å². The van der Waals surface area contributed by atoms with Crippen LogP contribution in [0.2, 0.25) is 0 Å². The van der Waals surface area contributed by atoms with Crippen LogP contribution in [-0.4, -0.2) is 51.6 Å². The van der Waals surface area contributed by atoms with Gasteiger partial charge in [0.1, 0.15) is 12.4 Å². The fourth-order valence-electron chi connectivity index (χ4n) is 3.88. The van der Waals surface area contributed by atoms with Crippen molar-refractivity contribution in [3.63, 3.8) is 0 Å². The summed E-state index contributed by atoms with van der Waals surface area (Å²) in [7, 11) is 1.80. The van der Waals surface area contributed by atoms with E-state index in [0.717, 1.165) is 56.3 Å². The minimum absolute atomic E-state index is 0. The topological polar surface area (TPSA) is 64.1 Å². The highest BCUT2D eigenvalue weighted by Gasteiger charge is 2.17. The van der Waals surface area contributed by atoms with E-state index in [0.29, 0.717) is 19.3 Å². The Hall–Kier alpha value is -1.06. The van der Waals surface area contributed by atoms with Gasteiger partial charge in [0.15, 0.2) is 5.96 Å². The number of nitrogens with one attached hydrogen (secondary N) is 2. The highest BCUT2D eigenvalue weighted by Crippen LogP contribution is 2.22. The van der Waals surface area contributed by atoms with Crippen molar-refractivity contribution in [1.29, 1.82) is 0 Å². The van der Waals surface area contributed by atoms with Gasteiger partial charge in [-0.15, -0.1) is 24.0 Å². The van der Waals surface area contributed by atoms with Crippen molar-refractivity contribution in [2.24, 2.45) is 4.99 Å². The van der Waals surface area contributed by atoms with Crippen LogP contribution in [0.4, 0.5) is 0 Å². The Labute approximate surface area is 198 Å². The van der Waals surface area contributed by atoms with Gasteiger partial charge in [-0.1, -0.05) is 25.0 Å². The van der Waals surface area contributed by atoms with Crippen molar-refractivity contribution < 1.29 is 14.2 Å². The standard InChI is InChI=1S/C23H37N3O3.HI/c1-18-10-11-19(22(15-18)29-17-21-9-5-13-28-21)16-26-23(24-2)25-12-6-14-27-20-7-3-4-8-20;/h10-11,15,20-21H,3-9,12-14,16-17H2,1-2H3,(H2,24,25,26);1H. The third-order valence-electron chi connectivity index (χ3n) is 5.61. The summed E-state index contributed by atoms with van der Waals surface area (Å²) >= 11 is 0. The summed E-state index contributed by atoms with van der Waals surface area (Å²) < 4.78 is 17.7. The summed E-state index contributed by atoms with van der Waals surface area (Å²) in [6.45, 7) is 5.88. The molecule has 0 radical (unpaired) electrons. The monoisotopic (exact) mass is 531 g/mol. The van der Waals surface area contributed by atoms with Gasteiger partial charge in [-0.05, 0) is 50.7 Å². The first-order valence-corrected chi connectivity index (χ1v) is 11.1. The van der Waals surface area contributed by atoms with Gasteiger partial charge in [-0.25, -0.2) is 0 Å². The van der Waals surface area contributed by atoms with Gasteiger partial charge in [0, 0.05) is 38.9 Å². The number of benzene rings is 1. The zero-order valence-corrected chi connectivity index (χ0v) is 20.8. The Balaban J connectivity index is 0.00000320. The molecule has 0 spiro atoms. The van der Waals surface area contributed by atoms with Gasteiger partial charge in [-0.2, -0.15) is 0 Å². The van der Waals surface area contributed by atoms with Crippen molar-refractivity contribution in [2.75, 3.05) is 33.4 Å². The Morgan fingerprint density at radius 3 is 2.73 bits per heavy atom. The SMILES string of the molecule is CN=C(NCCCOC1CCCC1)NCc1ccc(C)cc1OCC1CCCO1.I. The molecule has 7 heteroatoms. The van der Waals surface area contributed by atoms with Gasteiger partial charge in [0.05, 0.1) is 12.2 Å². The maximum absolute atomic E-state index is 6.09. The molecule has 1 saturated heterocycles. The molecule has 2 fully saturated rings. The van der Waals surface area contributed by atoms with E-state index in [1.807, 2.05) is 0 Å². The van der Waals surface area contributed by atoms with Crippen LogP contribution in [0.3, 0.4) is 0 Å². The summed E-state index contributed by atoms with van der Waals surface area (Å²) in [5.74, 6) is 1.73. The molecule has 0 aromatic heterocycles. The zero-order valence-electron chi connectivity index (χ0n) is 18.5. The molecule has 30 heavy (non-hydrogen) atoms. The molecule has 2 aliphatic rings. The molecular weight excluding hydrogens is 493 g/mol. The van der Waals surface area contributed by atoms with Crippen molar-refractivity contribution in [2.45, 2.75) is 70.6 Å². The lowest BCUT2D eigenvalue weighted by Crippen LogP contribution is -2.37. The molecule has 170 valence electrons. The summed E-state index contributed by atoms with van der Waals surface area (Å²) in [5, 5.41) is 6.76. The van der Waals surface area contributed by atoms with Crippen LogP contribution in [-0.2, 0) is 16.0 Å². The molecule has 1 aliphatic carbocycles. The summed E-state index contributed by atoms with van der Waals surface area (Å²) in [5.41, 5.74) is 2.32. The molecule has 0 amide bonds. The number of nitrogens with zero attached hydrogens (tertiary/aromatic N) is 1. The van der Waals surface area contributed by atoms with E-state index in [4.69, 9.17) is 14.2 Å². The Kier molecular flexibility index (Phi) is 11.8. The molecule has 1 atom stereocenters. The Morgan fingerprint density at radius 1 is 1.17 bits per heavy atom. The van der Waals surface area contributed by atoms with E-state index >= 15 is 0 Å². The predicted molar refractivity (Wildman–Crippen MR) is 132 cm³/mol. The van der Waals surface area contributed by atoms with E-state index in [-0.39, 0.29) is 30.1 Å². The fourth-order valence-corrected chi connectivity index (χ4v) is 3.88. The number of hydrogen-bond acceptors (Lipinski definition) is 4. The van der Waals surface area contributed by atoms with Crippen molar-refractivity contribution >= 4 is 29.9 Å². The van der Waals surface area contributed by atoms with Gasteiger partial charge in [-0.3, -0.25) is 4.99 Å². The van der Waals surface area contributed by atoms with Crippen LogP contribution >= 0.6 is 24.0 Å².